The Hall–Kier alpha value is -0.900. The van der Waals surface area contributed by atoms with Gasteiger partial charge in [-0.05, 0) is 12.0 Å². The minimum Gasteiger partial charge on any atom is -0.396 e. The minimum absolute atomic E-state index is 0.0571. The lowest BCUT2D eigenvalue weighted by molar-refractivity contribution is 0.0522. The third-order valence-electron chi connectivity index (χ3n) is 4.55. The summed E-state index contributed by atoms with van der Waals surface area (Å²) in [6, 6.07) is 10.7. The Morgan fingerprint density at radius 3 is 2.20 bits per heavy atom. The molecule has 1 fully saturated rings. The summed E-state index contributed by atoms with van der Waals surface area (Å²) in [5.41, 5.74) is 1.46. The Morgan fingerprint density at radius 2 is 1.65 bits per heavy atom. The molecular weight excluding hydrogens is 248 g/mol. The van der Waals surface area contributed by atoms with Crippen LogP contribution in [0.3, 0.4) is 0 Å². The monoisotopic (exact) mass is 276 g/mol. The molecule has 0 saturated carbocycles. The Bertz CT molecular complexity index is 381. The molecule has 1 aliphatic heterocycles. The molecular formula is C17H28N2O. The van der Waals surface area contributed by atoms with Gasteiger partial charge in [0.05, 0.1) is 0 Å². The zero-order valence-corrected chi connectivity index (χ0v) is 12.9. The molecule has 0 spiro atoms. The lowest BCUT2D eigenvalue weighted by atomic mass is 9.88. The van der Waals surface area contributed by atoms with Gasteiger partial charge in [-0.15, -0.1) is 0 Å². The van der Waals surface area contributed by atoms with E-state index < -0.39 is 0 Å². The SMILES string of the molecule is CCC(C)(CO)CN1CCN(Cc2ccccc2)CC1. The maximum atomic E-state index is 9.53. The lowest BCUT2D eigenvalue weighted by Crippen LogP contribution is -2.49. The summed E-state index contributed by atoms with van der Waals surface area (Å²) in [5, 5.41) is 9.53. The van der Waals surface area contributed by atoms with Gasteiger partial charge in [0, 0.05) is 51.3 Å². The summed E-state index contributed by atoms with van der Waals surface area (Å²) in [4.78, 5) is 5.02. The summed E-state index contributed by atoms with van der Waals surface area (Å²) in [6.45, 7) is 11.2. The number of hydrogen-bond donors (Lipinski definition) is 1. The predicted molar refractivity (Wildman–Crippen MR) is 83.6 cm³/mol. The molecule has 0 aliphatic carbocycles. The number of benzene rings is 1. The molecule has 0 aromatic heterocycles. The molecule has 1 heterocycles. The molecule has 1 aromatic rings. The fourth-order valence-corrected chi connectivity index (χ4v) is 2.76. The Morgan fingerprint density at radius 1 is 1.05 bits per heavy atom. The molecule has 0 radical (unpaired) electrons. The van der Waals surface area contributed by atoms with Crippen LogP contribution in [0.1, 0.15) is 25.8 Å². The molecule has 1 saturated heterocycles. The molecule has 0 bridgehead atoms. The molecule has 2 rings (SSSR count). The highest BCUT2D eigenvalue weighted by Gasteiger charge is 2.26. The molecule has 112 valence electrons. The molecule has 20 heavy (non-hydrogen) atoms. The van der Waals surface area contributed by atoms with Crippen molar-refractivity contribution in [3.63, 3.8) is 0 Å². The third kappa shape index (κ3) is 4.30. The average molecular weight is 276 g/mol. The normalized spacial score (nSPS) is 20.8. The average Bonchev–Trinajstić information content (AvgIpc) is 2.50. The topological polar surface area (TPSA) is 26.7 Å². The minimum atomic E-state index is 0.0571. The first-order valence-corrected chi connectivity index (χ1v) is 7.75. The van der Waals surface area contributed by atoms with Crippen molar-refractivity contribution >= 4 is 0 Å². The van der Waals surface area contributed by atoms with Gasteiger partial charge in [-0.3, -0.25) is 4.90 Å². The summed E-state index contributed by atoms with van der Waals surface area (Å²) >= 11 is 0. The smallest absolute Gasteiger partial charge is 0.0496 e. The standard InChI is InChI=1S/C17H28N2O/c1-3-17(2,15-20)14-19-11-9-18(10-12-19)13-16-7-5-4-6-8-16/h4-8,20H,3,9-15H2,1-2H3. The van der Waals surface area contributed by atoms with Gasteiger partial charge in [0.1, 0.15) is 0 Å². The summed E-state index contributed by atoms with van der Waals surface area (Å²) < 4.78 is 0. The van der Waals surface area contributed by atoms with Gasteiger partial charge in [-0.2, -0.15) is 0 Å². The second-order valence-electron chi connectivity index (χ2n) is 6.36. The lowest BCUT2D eigenvalue weighted by Gasteiger charge is -2.39. The van der Waals surface area contributed by atoms with Gasteiger partial charge in [-0.1, -0.05) is 44.2 Å². The first-order valence-electron chi connectivity index (χ1n) is 7.75. The zero-order chi connectivity index (χ0) is 14.4. The van der Waals surface area contributed by atoms with Gasteiger partial charge < -0.3 is 10.0 Å². The highest BCUT2D eigenvalue weighted by atomic mass is 16.3. The van der Waals surface area contributed by atoms with Gasteiger partial charge >= 0.3 is 0 Å². The van der Waals surface area contributed by atoms with E-state index in [2.05, 4.69) is 54.0 Å². The molecule has 1 unspecified atom stereocenters. The number of rotatable bonds is 6. The number of nitrogens with zero attached hydrogens (tertiary/aromatic N) is 2. The van der Waals surface area contributed by atoms with Crippen molar-refractivity contribution in [1.29, 1.82) is 0 Å². The van der Waals surface area contributed by atoms with E-state index in [0.29, 0.717) is 0 Å². The van der Waals surface area contributed by atoms with E-state index in [-0.39, 0.29) is 12.0 Å². The molecule has 3 nitrogen and oxygen atoms in total. The van der Waals surface area contributed by atoms with Crippen LogP contribution >= 0.6 is 0 Å². The van der Waals surface area contributed by atoms with Crippen LogP contribution in [-0.2, 0) is 6.54 Å². The van der Waals surface area contributed by atoms with E-state index in [1.54, 1.807) is 0 Å². The number of aliphatic hydroxyl groups is 1. The van der Waals surface area contributed by atoms with Crippen molar-refractivity contribution < 1.29 is 5.11 Å². The van der Waals surface area contributed by atoms with Crippen LogP contribution in [0.2, 0.25) is 0 Å². The molecule has 1 atom stereocenters. The number of piperazine rings is 1. The number of hydrogen-bond acceptors (Lipinski definition) is 3. The van der Waals surface area contributed by atoms with Crippen molar-refractivity contribution in [1.82, 2.24) is 9.80 Å². The van der Waals surface area contributed by atoms with E-state index in [9.17, 15) is 5.11 Å². The quantitative estimate of drug-likeness (QED) is 0.863. The Kier molecular flexibility index (Phi) is 5.58. The van der Waals surface area contributed by atoms with Crippen LogP contribution in [0.5, 0.6) is 0 Å². The van der Waals surface area contributed by atoms with E-state index in [4.69, 9.17) is 0 Å². The third-order valence-corrected chi connectivity index (χ3v) is 4.55. The Labute approximate surface area is 123 Å². The maximum Gasteiger partial charge on any atom is 0.0496 e. The van der Waals surface area contributed by atoms with Crippen molar-refractivity contribution in [3.05, 3.63) is 35.9 Å². The predicted octanol–water partition coefficient (Wildman–Crippen LogP) is 2.21. The highest BCUT2D eigenvalue weighted by Crippen LogP contribution is 2.22. The second kappa shape index (κ2) is 7.21. The first-order chi connectivity index (χ1) is 9.65. The summed E-state index contributed by atoms with van der Waals surface area (Å²) in [5.74, 6) is 0. The van der Waals surface area contributed by atoms with Crippen molar-refractivity contribution in [3.8, 4) is 0 Å². The highest BCUT2D eigenvalue weighted by molar-refractivity contribution is 5.14. The molecule has 1 N–H and O–H groups in total. The Balaban J connectivity index is 1.78. The van der Waals surface area contributed by atoms with E-state index in [1.165, 1.54) is 5.56 Å². The van der Waals surface area contributed by atoms with Crippen LogP contribution in [0, 0.1) is 5.41 Å². The fourth-order valence-electron chi connectivity index (χ4n) is 2.76. The molecule has 1 aliphatic rings. The van der Waals surface area contributed by atoms with Gasteiger partial charge in [0.15, 0.2) is 0 Å². The summed E-state index contributed by atoms with van der Waals surface area (Å²) in [7, 11) is 0. The van der Waals surface area contributed by atoms with Gasteiger partial charge in [0.25, 0.3) is 0 Å². The van der Waals surface area contributed by atoms with Crippen LogP contribution in [0.25, 0.3) is 0 Å². The van der Waals surface area contributed by atoms with Gasteiger partial charge in [0.2, 0.25) is 0 Å². The number of aliphatic hydroxyl groups excluding tert-OH is 1. The van der Waals surface area contributed by atoms with Gasteiger partial charge in [-0.25, -0.2) is 0 Å². The van der Waals surface area contributed by atoms with Crippen LogP contribution < -0.4 is 0 Å². The first kappa shape index (κ1) is 15.5. The van der Waals surface area contributed by atoms with Crippen LogP contribution in [0.4, 0.5) is 0 Å². The largest absolute Gasteiger partial charge is 0.396 e. The fraction of sp³-hybridized carbons (Fsp3) is 0.647. The van der Waals surface area contributed by atoms with Crippen LogP contribution in [0.15, 0.2) is 30.3 Å². The van der Waals surface area contributed by atoms with E-state index >= 15 is 0 Å². The van der Waals surface area contributed by atoms with E-state index in [1.807, 2.05) is 0 Å². The molecule has 1 aromatic carbocycles. The molecule has 0 amide bonds. The van der Waals surface area contributed by atoms with Crippen molar-refractivity contribution in [2.75, 3.05) is 39.3 Å². The van der Waals surface area contributed by atoms with Crippen molar-refractivity contribution in [2.45, 2.75) is 26.8 Å². The van der Waals surface area contributed by atoms with Crippen molar-refractivity contribution in [2.24, 2.45) is 5.41 Å². The van der Waals surface area contributed by atoms with E-state index in [0.717, 1.165) is 45.7 Å². The van der Waals surface area contributed by atoms with Crippen LogP contribution in [-0.4, -0.2) is 54.2 Å². The molecule has 3 heteroatoms. The second-order valence-corrected chi connectivity index (χ2v) is 6.36. The maximum absolute atomic E-state index is 9.53. The summed E-state index contributed by atoms with van der Waals surface area (Å²) in [6.07, 6.45) is 1.04. The zero-order valence-electron chi connectivity index (χ0n) is 12.9.